The first-order valence-electron chi connectivity index (χ1n) is 7.38. The summed E-state index contributed by atoms with van der Waals surface area (Å²) in [6.07, 6.45) is 0. The molecule has 2 N–H and O–H groups in total. The zero-order valence-electron chi connectivity index (χ0n) is 12.7. The summed E-state index contributed by atoms with van der Waals surface area (Å²) in [5, 5.41) is 24.7. The second kappa shape index (κ2) is 6.96. The van der Waals surface area contributed by atoms with Gasteiger partial charge in [-0.3, -0.25) is 0 Å². The van der Waals surface area contributed by atoms with Gasteiger partial charge < -0.3 is 10.2 Å². The van der Waals surface area contributed by atoms with Crippen LogP contribution in [0, 0.1) is 0 Å². The van der Waals surface area contributed by atoms with Gasteiger partial charge in [-0.1, -0.05) is 60.7 Å². The summed E-state index contributed by atoms with van der Waals surface area (Å²) in [4.78, 5) is 0. The van der Waals surface area contributed by atoms with Crippen LogP contribution in [0.5, 0.6) is 11.5 Å². The summed E-state index contributed by atoms with van der Waals surface area (Å²) in [7, 11) is 0. The molecule has 0 saturated heterocycles. The molecule has 0 radical (unpaired) electrons. The van der Waals surface area contributed by atoms with Crippen LogP contribution in [0.2, 0.25) is 0 Å². The fourth-order valence-electron chi connectivity index (χ4n) is 2.94. The quantitative estimate of drug-likeness (QED) is 0.478. The number of fused-ring (bicyclic) bond motifs is 2. The Balaban J connectivity index is 0.000000815. The first-order chi connectivity index (χ1) is 11.8. The average Bonchev–Trinajstić information content (AvgIpc) is 2.65. The minimum absolute atomic E-state index is 0.198. The van der Waals surface area contributed by atoms with Crippen molar-refractivity contribution in [3.8, 4) is 22.6 Å². The molecule has 4 aromatic carbocycles. The van der Waals surface area contributed by atoms with E-state index in [0.29, 0.717) is 11.1 Å². The molecule has 24 heavy (non-hydrogen) atoms. The number of benzene rings is 4. The van der Waals surface area contributed by atoms with E-state index in [0.717, 1.165) is 41.9 Å². The molecule has 4 rings (SSSR count). The predicted octanol–water partition coefficient (Wildman–Crippen LogP) is 4.95. The van der Waals surface area contributed by atoms with Crippen molar-refractivity contribution in [3.63, 3.8) is 0 Å². The molecule has 0 unspecified atom stereocenters. The fourth-order valence-corrected chi connectivity index (χ4v) is 2.94. The number of hydrogen-bond acceptors (Lipinski definition) is 3. The Kier molecular flexibility index (Phi) is 4.75. The summed E-state index contributed by atoms with van der Waals surface area (Å²) in [5.74, 6) is 0.396. The molecule has 0 bridgehead atoms. The van der Waals surface area contributed by atoms with Crippen LogP contribution < -0.4 is 0 Å². The summed E-state index contributed by atoms with van der Waals surface area (Å²) in [6.45, 7) is 0. The Morgan fingerprint density at radius 1 is 0.542 bits per heavy atom. The van der Waals surface area contributed by atoms with E-state index in [2.05, 4.69) is 0 Å². The van der Waals surface area contributed by atoms with Crippen molar-refractivity contribution in [2.75, 3.05) is 0 Å². The summed E-state index contributed by atoms with van der Waals surface area (Å²) < 4.78 is 8.25. The van der Waals surface area contributed by atoms with Crippen molar-refractivity contribution in [1.82, 2.24) is 0 Å². The molecule has 0 heterocycles. The summed E-state index contributed by atoms with van der Waals surface area (Å²) >= 11 is 0.750. The van der Waals surface area contributed by atoms with Gasteiger partial charge in [0.2, 0.25) is 0 Å². The topological polar surface area (TPSA) is 57.5 Å². The van der Waals surface area contributed by atoms with Crippen LogP contribution in [0.1, 0.15) is 0 Å². The van der Waals surface area contributed by atoms with Crippen LogP contribution in [0.25, 0.3) is 32.7 Å². The van der Waals surface area contributed by atoms with Crippen LogP contribution in [-0.2, 0) is 23.7 Å². The third kappa shape index (κ3) is 2.73. The molecule has 4 aromatic rings. The van der Waals surface area contributed by atoms with Gasteiger partial charge in [0, 0.05) is 21.9 Å². The van der Waals surface area contributed by atoms with Gasteiger partial charge in [0.1, 0.15) is 11.5 Å². The molecule has 0 aliphatic rings. The first-order valence-corrected chi connectivity index (χ1v) is 8.01. The van der Waals surface area contributed by atoms with E-state index in [1.807, 2.05) is 72.8 Å². The number of phenols is 2. The fraction of sp³-hybridized carbons (Fsp3) is 0. The van der Waals surface area contributed by atoms with Crippen LogP contribution in [-0.4, -0.2) is 10.2 Å². The third-order valence-corrected chi connectivity index (χ3v) is 4.09. The molecule has 0 saturated carbocycles. The normalized spacial score (nSPS) is 10.3. The number of phenolic OH excluding ortho intramolecular Hbond substituents is 2. The molecular formula is C20H14O3Ti. The molecule has 0 spiro atoms. The second-order valence-corrected chi connectivity index (χ2v) is 5.37. The van der Waals surface area contributed by atoms with E-state index >= 15 is 0 Å². The Bertz CT molecular complexity index is 944. The van der Waals surface area contributed by atoms with E-state index < -0.39 is 0 Å². The molecule has 0 fully saturated rings. The van der Waals surface area contributed by atoms with Crippen molar-refractivity contribution in [2.45, 2.75) is 0 Å². The van der Waals surface area contributed by atoms with Gasteiger partial charge in [-0.25, -0.2) is 0 Å². The predicted molar refractivity (Wildman–Crippen MR) is 90.9 cm³/mol. The standard InChI is InChI=1S/C20H14O2.O.Ti/c21-19-15-7-3-1-5-13(15)9-11-17(19)18-12-10-14-6-2-4-8-16(14)20(18)22;;/h1-12,21-22H;;. The molecule has 0 aliphatic carbocycles. The van der Waals surface area contributed by atoms with Crippen LogP contribution in [0.3, 0.4) is 0 Å². The maximum atomic E-state index is 10.6. The number of aromatic hydroxyl groups is 2. The molecule has 0 aromatic heterocycles. The minimum atomic E-state index is 0.198. The van der Waals surface area contributed by atoms with E-state index in [1.54, 1.807) is 0 Å². The molecule has 116 valence electrons. The summed E-state index contributed by atoms with van der Waals surface area (Å²) in [5.41, 5.74) is 1.28. The Morgan fingerprint density at radius 3 is 1.33 bits per heavy atom. The van der Waals surface area contributed by atoms with Gasteiger partial charge in [0.25, 0.3) is 0 Å². The average molecular weight is 350 g/mol. The summed E-state index contributed by atoms with van der Waals surface area (Å²) in [6, 6.07) is 23.0. The molecule has 4 heteroatoms. The Hall–Kier alpha value is -2.49. The number of hydrogen-bond donors (Lipinski definition) is 2. The SMILES string of the molecule is Oc1c(-c2ccc3ccccc3c2O)ccc2ccccc12.[O]=[Ti]. The monoisotopic (exact) mass is 350 g/mol. The third-order valence-electron chi connectivity index (χ3n) is 4.09. The first kappa shape index (κ1) is 16.4. The molecule has 3 nitrogen and oxygen atoms in total. The van der Waals surface area contributed by atoms with E-state index in [-0.39, 0.29) is 11.5 Å². The van der Waals surface area contributed by atoms with E-state index in [9.17, 15) is 10.2 Å². The van der Waals surface area contributed by atoms with E-state index in [4.69, 9.17) is 3.32 Å². The van der Waals surface area contributed by atoms with Crippen molar-refractivity contribution in [2.24, 2.45) is 0 Å². The van der Waals surface area contributed by atoms with E-state index in [1.165, 1.54) is 0 Å². The van der Waals surface area contributed by atoms with Gasteiger partial charge in [-0.2, -0.15) is 0 Å². The van der Waals surface area contributed by atoms with Gasteiger partial charge in [0.05, 0.1) is 0 Å². The maximum absolute atomic E-state index is 10.6. The van der Waals surface area contributed by atoms with Gasteiger partial charge >= 0.3 is 23.7 Å². The van der Waals surface area contributed by atoms with Crippen molar-refractivity contribution in [1.29, 1.82) is 0 Å². The molecule has 0 atom stereocenters. The number of rotatable bonds is 1. The Morgan fingerprint density at radius 2 is 0.917 bits per heavy atom. The zero-order valence-corrected chi connectivity index (χ0v) is 14.3. The molecular weight excluding hydrogens is 336 g/mol. The zero-order chi connectivity index (χ0) is 17.1. The molecule has 0 amide bonds. The van der Waals surface area contributed by atoms with Crippen molar-refractivity contribution >= 4 is 21.5 Å². The van der Waals surface area contributed by atoms with Gasteiger partial charge in [0.15, 0.2) is 0 Å². The Labute approximate surface area is 150 Å². The van der Waals surface area contributed by atoms with Gasteiger partial charge in [-0.05, 0) is 22.9 Å². The second-order valence-electron chi connectivity index (χ2n) is 5.37. The van der Waals surface area contributed by atoms with Crippen molar-refractivity contribution in [3.05, 3.63) is 72.8 Å². The molecule has 0 aliphatic heterocycles. The van der Waals surface area contributed by atoms with Gasteiger partial charge in [-0.15, -0.1) is 0 Å². The van der Waals surface area contributed by atoms with Crippen LogP contribution in [0.4, 0.5) is 0 Å². The van der Waals surface area contributed by atoms with Crippen LogP contribution in [0.15, 0.2) is 72.8 Å². The van der Waals surface area contributed by atoms with Crippen LogP contribution >= 0.6 is 0 Å². The van der Waals surface area contributed by atoms with Crippen molar-refractivity contribution < 1.29 is 33.9 Å².